The van der Waals surface area contributed by atoms with E-state index in [-0.39, 0.29) is 123 Å². The van der Waals surface area contributed by atoms with E-state index in [9.17, 15) is 86.3 Å². The molecule has 3 saturated heterocycles. The van der Waals surface area contributed by atoms with Crippen molar-refractivity contribution in [3.05, 3.63) is 0 Å². The van der Waals surface area contributed by atoms with Crippen molar-refractivity contribution in [1.82, 2.24) is 52.5 Å². The van der Waals surface area contributed by atoms with Crippen LogP contribution < -0.4 is 47.9 Å². The number of nitrogens with zero attached hydrogens (tertiary/aromatic N) is 2. The number of aliphatic imine (C=N–C) groups is 1. The lowest BCUT2D eigenvalue weighted by atomic mass is 9.96. The molecule has 135 heavy (non-hydrogen) atoms. The molecule has 0 radical (unpaired) electrons. The molecular weight excluding hydrogens is 1810 g/mol. The van der Waals surface area contributed by atoms with E-state index in [1.54, 1.807) is 13.3 Å². The lowest BCUT2D eigenvalue weighted by Gasteiger charge is -2.44. The third-order valence-electron chi connectivity index (χ3n) is 19.3. The fourth-order valence-corrected chi connectivity index (χ4v) is 15.5. The van der Waals surface area contributed by atoms with E-state index < -0.39 is 253 Å². The van der Waals surface area contributed by atoms with E-state index in [0.717, 1.165) is 95.4 Å². The van der Waals surface area contributed by atoms with Crippen LogP contribution >= 0.6 is 8.53 Å². The predicted octanol–water partition coefficient (Wildman–Crippen LogP) is -0.751. The first-order valence-electron chi connectivity index (χ1n) is 44.7. The summed E-state index contributed by atoms with van der Waals surface area (Å²) in [5.74, 6) is -13.1. The number of hydrogen-bond acceptors (Lipinski definition) is 40. The van der Waals surface area contributed by atoms with Gasteiger partial charge in [-0.15, -0.1) is 0 Å². The summed E-state index contributed by atoms with van der Waals surface area (Å²) in [4.78, 5) is 234. The highest BCUT2D eigenvalue weighted by Crippen LogP contribution is 2.46. The highest BCUT2D eigenvalue weighted by molar-refractivity contribution is 7.44. The standard InChI is InChI=1S/C85H140N11O38P/c1-49(2)96(50(3)4)135(125-36-23-30-86-17)124-35-21-19-18-20-31-87-68(109)24-22-25-70(111)94-64(82(114)90-34-39-117-42-45-120-85-74(93-53(7)99)80(131-62(16)108)77(128-59(13)105)67(134-85)48-123-56(10)102)27-29-71(112)95-63(81(113)89-33-38-116-41-44-119-84-73(92-52(6)98)79(130-61(15)107)76(127-58(12)104)66(133-84)47-122-55(9)101)26-28-69(110)88-32-37-115-40-43-118-83-72(91-51(5)97)78(129-60(14)106)75(126-57(11)103)65(132-83)46-121-54(8)100/h30,49-50,63-67,72-80,83-85H,18-29,31-48H2,1-17H3,(H,87,109)(H,88,110)(H,89,113)(H,90,114)(H,91,97)(H,92,98)(H,93,99)(H,94,111)(H,95,112)/b86-30+. The lowest BCUT2D eigenvalue weighted by Crippen LogP contribution is -2.66. The largest absolute Gasteiger partial charge is 0.463 e. The molecule has 0 bridgehead atoms. The van der Waals surface area contributed by atoms with Crippen LogP contribution in [0.15, 0.2) is 4.99 Å². The topological polar surface area (TPSA) is 616 Å². The molecule has 0 saturated carbocycles. The van der Waals surface area contributed by atoms with E-state index in [4.69, 9.17) is 94.3 Å². The van der Waals surface area contributed by atoms with Gasteiger partial charge in [-0.2, -0.15) is 0 Å². The van der Waals surface area contributed by atoms with E-state index in [1.165, 1.54) is 6.92 Å². The zero-order valence-corrected chi connectivity index (χ0v) is 81.0. The van der Waals surface area contributed by atoms with E-state index >= 15 is 0 Å². The highest BCUT2D eigenvalue weighted by Gasteiger charge is 2.55. The normalized spacial score (nSPS) is 22.1. The van der Waals surface area contributed by atoms with Crippen LogP contribution in [0.1, 0.15) is 188 Å². The summed E-state index contributed by atoms with van der Waals surface area (Å²) in [6.07, 6.45) is -12.9. The highest BCUT2D eigenvalue weighted by atomic mass is 31.2. The van der Waals surface area contributed by atoms with Crippen LogP contribution in [0.5, 0.6) is 0 Å². The van der Waals surface area contributed by atoms with E-state index in [1.807, 2.05) is 0 Å². The van der Waals surface area contributed by atoms with Crippen molar-refractivity contribution >= 4 is 122 Å². The van der Waals surface area contributed by atoms with Gasteiger partial charge in [-0.05, 0) is 59.8 Å². The molecular formula is C85H140N11O38P. The fourth-order valence-electron chi connectivity index (χ4n) is 13.9. The van der Waals surface area contributed by atoms with Gasteiger partial charge < -0.3 is 147 Å². The Balaban J connectivity index is 1.85. The number of hydrogen-bond donors (Lipinski definition) is 9. The van der Waals surface area contributed by atoms with Gasteiger partial charge in [0, 0.05) is 167 Å². The summed E-state index contributed by atoms with van der Waals surface area (Å²) in [5.41, 5.74) is 0. The molecule has 3 heterocycles. The number of carbonyl (C=O) groups is 18. The molecule has 9 amide bonds. The van der Waals surface area contributed by atoms with E-state index in [0.29, 0.717) is 32.6 Å². The molecule has 0 aromatic carbocycles. The average molecular weight is 1960 g/mol. The molecule has 50 heteroatoms. The SMILES string of the molecule is C/N=C/CCOP(OCCCCCCNC(=O)CCCC(=O)NC(CCC(=O)NC(CCC(=O)NCCOCCOC1OC(COC(C)=O)C(OC(C)=O)C(OC(C)=O)C1NC(C)=O)C(=O)NCCOCCOC1OC(COC(C)=O)C(OC(C)=O)C(OC(C)=O)C1NC(C)=O)C(=O)NCCOCCOC1OC(COC(C)=O)C(OC(C)=O)C(OC(C)=O)C1NC(C)=O)N(C(C)C)C(C)C. The maximum Gasteiger partial charge on any atom is 0.303 e. The maximum absolute atomic E-state index is 14.2. The van der Waals surface area contributed by atoms with Gasteiger partial charge in [0.15, 0.2) is 55.5 Å². The number of amides is 9. The lowest BCUT2D eigenvalue weighted by molar-refractivity contribution is -0.279. The average Bonchev–Trinajstić information content (AvgIpc) is 0.794. The first kappa shape index (κ1) is 119. The molecule has 0 spiro atoms. The van der Waals surface area contributed by atoms with Crippen LogP contribution in [0.4, 0.5) is 0 Å². The molecule has 0 aromatic rings. The van der Waals surface area contributed by atoms with Crippen LogP contribution in [0.3, 0.4) is 0 Å². The second kappa shape index (κ2) is 66.5. The molecule has 9 N–H and O–H groups in total. The third-order valence-corrected chi connectivity index (χ3v) is 21.4. The van der Waals surface area contributed by atoms with Gasteiger partial charge in [0.2, 0.25) is 53.2 Å². The van der Waals surface area contributed by atoms with Crippen LogP contribution in [-0.4, -0.2) is 360 Å². The Bertz CT molecular complexity index is 3790. The van der Waals surface area contributed by atoms with Gasteiger partial charge in [0.25, 0.3) is 8.53 Å². The molecule has 3 rings (SSSR count). The summed E-state index contributed by atoms with van der Waals surface area (Å²) in [7, 11) is 0.400. The Labute approximate surface area is 786 Å². The molecule has 0 aromatic heterocycles. The van der Waals surface area contributed by atoms with Crippen molar-refractivity contribution < 1.29 is 181 Å². The Morgan fingerprint density at radius 2 is 0.667 bits per heavy atom. The molecule has 768 valence electrons. The molecule has 3 aliphatic rings. The van der Waals surface area contributed by atoms with Crippen molar-refractivity contribution in [2.24, 2.45) is 4.99 Å². The summed E-state index contributed by atoms with van der Waals surface area (Å²) >= 11 is 0. The Hall–Kier alpha value is -9.92. The van der Waals surface area contributed by atoms with Crippen molar-refractivity contribution in [3.63, 3.8) is 0 Å². The number of carbonyl (C=O) groups excluding carboxylic acids is 18. The number of esters is 9. The minimum Gasteiger partial charge on any atom is -0.463 e. The zero-order chi connectivity index (χ0) is 101. The number of unbranched alkanes of at least 4 members (excludes halogenated alkanes) is 3. The minimum absolute atomic E-state index is 0.0498. The van der Waals surface area contributed by atoms with Gasteiger partial charge in [0.05, 0.1) is 72.7 Å². The van der Waals surface area contributed by atoms with Gasteiger partial charge >= 0.3 is 53.7 Å². The molecule has 0 aliphatic carbocycles. The molecule has 3 aliphatic heterocycles. The maximum atomic E-state index is 14.2. The van der Waals surface area contributed by atoms with Gasteiger partial charge in [-0.1, -0.05) is 12.8 Å². The van der Waals surface area contributed by atoms with Crippen LogP contribution in [-0.2, 0) is 181 Å². The smallest absolute Gasteiger partial charge is 0.303 e. The molecule has 18 unspecified atom stereocenters. The zero-order valence-electron chi connectivity index (χ0n) is 80.1. The quantitative estimate of drug-likeness (QED) is 0.0119. The fraction of sp³-hybridized carbons (Fsp3) is 0.776. The van der Waals surface area contributed by atoms with Crippen molar-refractivity contribution in [2.75, 3.05) is 126 Å². The van der Waals surface area contributed by atoms with Crippen LogP contribution in [0.2, 0.25) is 0 Å². The Kier molecular flexibility index (Phi) is 58.8. The van der Waals surface area contributed by atoms with Gasteiger partial charge in [0.1, 0.15) is 68.3 Å². The van der Waals surface area contributed by atoms with Crippen molar-refractivity contribution in [2.45, 2.75) is 304 Å². The Morgan fingerprint density at radius 1 is 0.348 bits per heavy atom. The third kappa shape index (κ3) is 50.1. The van der Waals surface area contributed by atoms with Crippen LogP contribution in [0, 0.1) is 0 Å². The number of nitrogens with one attached hydrogen (secondary N) is 9. The molecule has 49 nitrogen and oxygen atoms in total. The first-order chi connectivity index (χ1) is 64.0. The first-order valence-corrected chi connectivity index (χ1v) is 45.9. The molecule has 3 fully saturated rings. The molecule has 18 atom stereocenters. The van der Waals surface area contributed by atoms with Crippen LogP contribution in [0.25, 0.3) is 0 Å². The minimum atomic E-state index is -1.47. The second-order valence-electron chi connectivity index (χ2n) is 31.7. The Morgan fingerprint density at radius 3 is 1.01 bits per heavy atom. The number of ether oxygens (including phenoxy) is 18. The van der Waals surface area contributed by atoms with Gasteiger partial charge in [-0.3, -0.25) is 86.3 Å². The summed E-state index contributed by atoms with van der Waals surface area (Å²) in [5, 5.41) is 23.8. The summed E-state index contributed by atoms with van der Waals surface area (Å²) < 4.78 is 116. The predicted molar refractivity (Wildman–Crippen MR) is 469 cm³/mol. The second-order valence-corrected chi connectivity index (χ2v) is 33.1. The van der Waals surface area contributed by atoms with Crippen molar-refractivity contribution in [1.29, 1.82) is 0 Å². The number of rotatable bonds is 65. The monoisotopic (exact) mass is 1950 g/mol. The van der Waals surface area contributed by atoms with Crippen molar-refractivity contribution in [3.8, 4) is 0 Å². The summed E-state index contributed by atoms with van der Waals surface area (Å²) in [6.45, 7) is 19.0. The van der Waals surface area contributed by atoms with E-state index in [2.05, 4.69) is 85.2 Å². The van der Waals surface area contributed by atoms with Gasteiger partial charge in [-0.25, -0.2) is 4.67 Å². The summed E-state index contributed by atoms with van der Waals surface area (Å²) in [6, 6.07) is -6.38.